The topological polar surface area (TPSA) is 431 Å². The molecular formula is C45H63N15O11S2. The Morgan fingerprint density at radius 1 is 0.753 bits per heavy atom. The number of hydrogen-bond donors (Lipinski definition) is 12. The molecule has 0 spiro atoms. The van der Waals surface area contributed by atoms with Gasteiger partial charge in [-0.2, -0.15) is 0 Å². The normalized spacial score (nSPS) is 21.9. The van der Waals surface area contributed by atoms with Gasteiger partial charge in [-0.05, 0) is 49.3 Å². The van der Waals surface area contributed by atoms with Crippen LogP contribution >= 0.6 is 21.6 Å². The summed E-state index contributed by atoms with van der Waals surface area (Å²) < 4.78 is 0. The van der Waals surface area contributed by atoms with E-state index >= 15 is 0 Å². The number of hydrogen-bond acceptors (Lipinski definition) is 15. The Morgan fingerprint density at radius 2 is 1.40 bits per heavy atom. The lowest BCUT2D eigenvalue weighted by molar-refractivity contribution is -0.142. The van der Waals surface area contributed by atoms with Crippen LogP contribution in [0.25, 0.3) is 0 Å². The van der Waals surface area contributed by atoms with Crippen LogP contribution < -0.4 is 65.9 Å². The highest BCUT2D eigenvalue weighted by molar-refractivity contribution is 8.76. The van der Waals surface area contributed by atoms with Crippen LogP contribution in [-0.2, 0) is 65.6 Å². The van der Waals surface area contributed by atoms with E-state index in [9.17, 15) is 52.7 Å². The third-order valence-corrected chi connectivity index (χ3v) is 13.7. The minimum absolute atomic E-state index is 0.0189. The first kappa shape index (κ1) is 58.1. The van der Waals surface area contributed by atoms with Gasteiger partial charge in [-0.15, -0.1) is 0 Å². The SMILES string of the molecule is NC(=O)CCC1NC(=O)[C@H](Cc2ccccc2)NC(=O)C(Cc2cccnc2)NC(=O)CCSSC[C@@H](C(=O)N2CCC[C@H]2C(=O)N[C@H](CCCN=C(N)N)C(=O)NCC(N)=O)NC(=O)C(CC(N)=O)NC1=O. The molecule has 7 atom stereocenters. The van der Waals surface area contributed by atoms with Gasteiger partial charge in [0.15, 0.2) is 5.96 Å². The Balaban J connectivity index is 1.68. The molecule has 1 aromatic carbocycles. The zero-order valence-corrected chi connectivity index (χ0v) is 41.5. The summed E-state index contributed by atoms with van der Waals surface area (Å²) in [5, 5.41) is 18.0. The van der Waals surface area contributed by atoms with Crippen LogP contribution in [0.1, 0.15) is 62.5 Å². The van der Waals surface area contributed by atoms with Crippen LogP contribution in [0.3, 0.4) is 0 Å². The van der Waals surface area contributed by atoms with Gasteiger partial charge in [-0.25, -0.2) is 0 Å². The molecule has 2 saturated heterocycles. The lowest BCUT2D eigenvalue weighted by Crippen LogP contribution is -2.61. The van der Waals surface area contributed by atoms with Crippen LogP contribution in [0.2, 0.25) is 0 Å². The molecule has 73 heavy (non-hydrogen) atoms. The molecule has 0 bridgehead atoms. The van der Waals surface area contributed by atoms with Crippen molar-refractivity contribution in [3.8, 4) is 0 Å². The summed E-state index contributed by atoms with van der Waals surface area (Å²) in [7, 11) is 2.22. The van der Waals surface area contributed by atoms with E-state index in [0.717, 1.165) is 21.6 Å². The van der Waals surface area contributed by atoms with Crippen LogP contribution in [0.4, 0.5) is 0 Å². The van der Waals surface area contributed by atoms with Crippen LogP contribution in [0, 0.1) is 0 Å². The largest absolute Gasteiger partial charge is 0.370 e. The molecule has 26 nitrogen and oxygen atoms in total. The molecule has 0 aliphatic carbocycles. The van der Waals surface area contributed by atoms with Gasteiger partial charge < -0.3 is 70.8 Å². The number of aromatic nitrogens is 1. The summed E-state index contributed by atoms with van der Waals surface area (Å²) >= 11 is 0. The number of benzene rings is 1. The molecule has 396 valence electrons. The first-order valence-electron chi connectivity index (χ1n) is 23.3. The number of carbonyl (C=O) groups excluding carboxylic acids is 11. The lowest BCUT2D eigenvalue weighted by atomic mass is 10.0. The van der Waals surface area contributed by atoms with E-state index in [1.807, 2.05) is 0 Å². The maximum absolute atomic E-state index is 14.6. The Labute approximate surface area is 428 Å². The Hall–Kier alpha value is -7.49. The van der Waals surface area contributed by atoms with Crippen molar-refractivity contribution in [2.24, 2.45) is 33.7 Å². The molecule has 3 unspecified atom stereocenters. The van der Waals surface area contributed by atoms with Gasteiger partial charge >= 0.3 is 0 Å². The van der Waals surface area contributed by atoms with Crippen molar-refractivity contribution in [2.75, 3.05) is 31.1 Å². The third-order valence-electron chi connectivity index (χ3n) is 11.3. The number of nitrogens with one attached hydrogen (secondary N) is 7. The second-order valence-corrected chi connectivity index (χ2v) is 19.7. The highest BCUT2D eigenvalue weighted by Gasteiger charge is 2.40. The number of pyridine rings is 1. The fraction of sp³-hybridized carbons (Fsp3) is 0.489. The number of rotatable bonds is 19. The number of amides is 11. The van der Waals surface area contributed by atoms with Crippen molar-refractivity contribution in [2.45, 2.75) is 107 Å². The fourth-order valence-electron chi connectivity index (χ4n) is 7.67. The Morgan fingerprint density at radius 3 is 2.05 bits per heavy atom. The van der Waals surface area contributed by atoms with Crippen molar-refractivity contribution >= 4 is 92.5 Å². The van der Waals surface area contributed by atoms with E-state index in [2.05, 4.69) is 47.2 Å². The quantitative estimate of drug-likeness (QED) is 0.0272. The summed E-state index contributed by atoms with van der Waals surface area (Å²) in [4.78, 5) is 157. The Kier molecular flexibility index (Phi) is 23.7. The summed E-state index contributed by atoms with van der Waals surface area (Å²) in [6, 6.07) is 2.15. The molecule has 4 rings (SSSR count). The van der Waals surface area contributed by atoms with Gasteiger partial charge in [0.2, 0.25) is 65.0 Å². The first-order chi connectivity index (χ1) is 34.8. The molecule has 11 amide bonds. The summed E-state index contributed by atoms with van der Waals surface area (Å²) in [5.41, 5.74) is 28.2. The van der Waals surface area contributed by atoms with E-state index < -0.39 is 133 Å². The zero-order chi connectivity index (χ0) is 53.5. The number of aliphatic imine (C=N–C) groups is 1. The summed E-state index contributed by atoms with van der Waals surface area (Å²) in [6.45, 7) is -0.383. The van der Waals surface area contributed by atoms with Gasteiger partial charge in [0, 0.05) is 62.7 Å². The van der Waals surface area contributed by atoms with Crippen molar-refractivity contribution in [1.29, 1.82) is 0 Å². The average molecular weight is 1050 g/mol. The number of nitrogens with two attached hydrogens (primary N) is 5. The Bertz CT molecular complexity index is 2330. The van der Waals surface area contributed by atoms with Crippen molar-refractivity contribution in [3.63, 3.8) is 0 Å². The highest BCUT2D eigenvalue weighted by Crippen LogP contribution is 2.26. The fourth-order valence-corrected chi connectivity index (χ4v) is 9.81. The minimum atomic E-state index is -1.76. The van der Waals surface area contributed by atoms with Crippen LogP contribution in [0.15, 0.2) is 59.9 Å². The molecule has 2 fully saturated rings. The molecule has 2 aliphatic rings. The van der Waals surface area contributed by atoms with Crippen LogP contribution in [0.5, 0.6) is 0 Å². The van der Waals surface area contributed by atoms with Gasteiger partial charge in [-0.1, -0.05) is 58.0 Å². The summed E-state index contributed by atoms with van der Waals surface area (Å²) in [5.74, 6) is -9.52. The van der Waals surface area contributed by atoms with E-state index in [1.165, 1.54) is 17.3 Å². The molecular weight excluding hydrogens is 991 g/mol. The van der Waals surface area contributed by atoms with E-state index in [4.69, 9.17) is 28.7 Å². The third kappa shape index (κ3) is 20.3. The van der Waals surface area contributed by atoms with Gasteiger partial charge in [0.1, 0.15) is 42.3 Å². The molecule has 28 heteroatoms. The van der Waals surface area contributed by atoms with Gasteiger partial charge in [0.25, 0.3) is 0 Å². The zero-order valence-electron chi connectivity index (χ0n) is 39.9. The van der Waals surface area contributed by atoms with Crippen molar-refractivity contribution < 1.29 is 52.7 Å². The second-order valence-electron chi connectivity index (χ2n) is 17.0. The summed E-state index contributed by atoms with van der Waals surface area (Å²) in [6.07, 6.45) is 1.87. The van der Waals surface area contributed by atoms with Crippen molar-refractivity contribution in [3.05, 3.63) is 66.0 Å². The molecule has 0 radical (unpaired) electrons. The van der Waals surface area contributed by atoms with Crippen molar-refractivity contribution in [1.82, 2.24) is 47.1 Å². The second kappa shape index (κ2) is 29.8. The number of carbonyl (C=O) groups is 11. The van der Waals surface area contributed by atoms with Crippen LogP contribution in [-0.4, -0.2) is 154 Å². The van der Waals surface area contributed by atoms with E-state index in [1.54, 1.807) is 42.5 Å². The number of nitrogens with zero attached hydrogens (tertiary/aromatic N) is 3. The molecule has 3 heterocycles. The van der Waals surface area contributed by atoms with Gasteiger partial charge in [-0.3, -0.25) is 62.7 Å². The predicted molar refractivity (Wildman–Crippen MR) is 268 cm³/mol. The lowest BCUT2D eigenvalue weighted by Gasteiger charge is -2.31. The molecule has 2 aliphatic heterocycles. The molecule has 1 aromatic heterocycles. The molecule has 2 aromatic rings. The monoisotopic (exact) mass is 1050 g/mol. The smallest absolute Gasteiger partial charge is 0.246 e. The average Bonchev–Trinajstić information content (AvgIpc) is 3.84. The number of likely N-dealkylation sites (tertiary alicyclic amines) is 1. The molecule has 0 saturated carbocycles. The van der Waals surface area contributed by atoms with Gasteiger partial charge in [0.05, 0.1) is 13.0 Å². The molecule has 17 N–H and O–H groups in total. The maximum Gasteiger partial charge on any atom is 0.246 e. The number of guanidine groups is 1. The van der Waals surface area contributed by atoms with E-state index in [-0.39, 0.29) is 69.1 Å². The highest BCUT2D eigenvalue weighted by atomic mass is 33.1. The maximum atomic E-state index is 14.6. The predicted octanol–water partition coefficient (Wildman–Crippen LogP) is -4.65. The standard InChI is InChI=1S/C45H63N15O11S2/c46-34(61)13-12-28-39(66)58-31(21-35(47)62)42(69)59-32(44(71)60-17-6-11-33(60)43(70)56-27(10-5-16-52-45(49)50)38(65)53-23-36(48)63)24-73-72-18-14-37(64)54-29(20-26-9-4-15-51-22-26)40(67)57-30(41(68)55-28)19-25-7-2-1-3-8-25/h1-4,7-9,15,22,27-33H,5-6,10-14,16-21,23-24H2,(H2,46,61)(H2,47,62)(H2,48,63)(H,53,65)(H,54,64)(H,55,68)(H,56,70)(H,57,67)(H,58,66)(H,59,69)(H4,49,50,52)/t27-,28?,29?,30+,31?,32+,33+/m1/s1. The number of primary amides is 3. The first-order valence-corrected chi connectivity index (χ1v) is 25.8. The minimum Gasteiger partial charge on any atom is -0.370 e. The van der Waals surface area contributed by atoms with E-state index in [0.29, 0.717) is 17.5 Å².